The van der Waals surface area contributed by atoms with Crippen molar-refractivity contribution in [3.05, 3.63) is 88.1 Å². The zero-order valence-electron chi connectivity index (χ0n) is 22.1. The first-order valence-corrected chi connectivity index (χ1v) is 14.5. The van der Waals surface area contributed by atoms with Crippen molar-refractivity contribution in [2.24, 2.45) is 0 Å². The summed E-state index contributed by atoms with van der Waals surface area (Å²) >= 11 is 7.64. The standard InChI is InChI=1S/C30H25ClF3N3O3S/c1-30(7-10-39-26-15(6-9-38)11-16(31)12-20(26)30)22-14-36-29(37-22)19-13-17(3-4-21(19)32)40-27-24(34)23(33)25-18(5-8-35-25)28(27)41-2/h3-5,8,11-14,35,38H,6-7,9-10H2,1-2H3,(H,36,37). The zero-order valence-corrected chi connectivity index (χ0v) is 23.7. The number of rotatable bonds is 7. The third-order valence-electron chi connectivity index (χ3n) is 7.55. The molecule has 0 aliphatic carbocycles. The number of halogens is 4. The van der Waals surface area contributed by atoms with E-state index in [1.54, 1.807) is 24.6 Å². The van der Waals surface area contributed by atoms with Gasteiger partial charge < -0.3 is 24.5 Å². The number of hydrogen-bond donors (Lipinski definition) is 3. The Bertz CT molecular complexity index is 1790. The Kier molecular flexibility index (Phi) is 7.17. The van der Waals surface area contributed by atoms with Crippen LogP contribution < -0.4 is 9.47 Å². The smallest absolute Gasteiger partial charge is 0.204 e. The second kappa shape index (κ2) is 10.7. The molecule has 3 heterocycles. The summed E-state index contributed by atoms with van der Waals surface area (Å²) < 4.78 is 56.7. The normalized spacial score (nSPS) is 16.6. The maximum atomic E-state index is 15.1. The third-order valence-corrected chi connectivity index (χ3v) is 8.58. The van der Waals surface area contributed by atoms with Gasteiger partial charge >= 0.3 is 0 Å². The van der Waals surface area contributed by atoms with Crippen molar-refractivity contribution in [3.63, 3.8) is 0 Å². The Morgan fingerprint density at radius 1 is 1.17 bits per heavy atom. The monoisotopic (exact) mass is 599 g/mol. The Labute approximate surface area is 242 Å². The molecule has 0 saturated carbocycles. The SMILES string of the molecule is CSc1c(Oc2ccc(F)c(-c3ncc(C4(C)CCOc5c(CCO)cc(Cl)cc54)[nH]3)c2)c(F)c(F)c2[nH]ccc12. The van der Waals surface area contributed by atoms with E-state index in [2.05, 4.69) is 15.0 Å². The molecule has 0 bridgehead atoms. The molecule has 0 radical (unpaired) electrons. The van der Waals surface area contributed by atoms with Gasteiger partial charge in [-0.25, -0.2) is 13.8 Å². The first-order chi connectivity index (χ1) is 19.7. The van der Waals surface area contributed by atoms with Crippen LogP contribution in [0.25, 0.3) is 22.3 Å². The minimum Gasteiger partial charge on any atom is -0.493 e. The van der Waals surface area contributed by atoms with Crippen LogP contribution in [0.15, 0.2) is 53.7 Å². The highest BCUT2D eigenvalue weighted by Crippen LogP contribution is 2.47. The molecule has 0 amide bonds. The molecular weight excluding hydrogens is 575 g/mol. The maximum absolute atomic E-state index is 15.1. The Balaban J connectivity index is 1.38. The minimum absolute atomic E-state index is 0.0488. The Morgan fingerprint density at radius 3 is 2.78 bits per heavy atom. The van der Waals surface area contributed by atoms with Gasteiger partial charge in [-0.05, 0) is 68.0 Å². The van der Waals surface area contributed by atoms with Gasteiger partial charge in [0.1, 0.15) is 23.1 Å². The summed E-state index contributed by atoms with van der Waals surface area (Å²) in [5.41, 5.74) is 1.94. The summed E-state index contributed by atoms with van der Waals surface area (Å²) in [6, 6.07) is 9.22. The van der Waals surface area contributed by atoms with Crippen LogP contribution in [0.2, 0.25) is 5.02 Å². The van der Waals surface area contributed by atoms with Gasteiger partial charge in [-0.15, -0.1) is 11.8 Å². The molecule has 0 fully saturated rings. The number of nitrogens with zero attached hydrogens (tertiary/aromatic N) is 1. The van der Waals surface area contributed by atoms with Crippen LogP contribution in [0.1, 0.15) is 30.2 Å². The molecule has 1 aliphatic heterocycles. The topological polar surface area (TPSA) is 83.2 Å². The molecule has 0 spiro atoms. The minimum atomic E-state index is -1.14. The summed E-state index contributed by atoms with van der Waals surface area (Å²) in [6.07, 6.45) is 5.91. The summed E-state index contributed by atoms with van der Waals surface area (Å²) in [5, 5.41) is 10.5. The molecule has 212 valence electrons. The van der Waals surface area contributed by atoms with Crippen LogP contribution in [0.3, 0.4) is 0 Å². The van der Waals surface area contributed by atoms with E-state index in [0.29, 0.717) is 40.5 Å². The molecule has 3 N–H and O–H groups in total. The molecular formula is C30H25ClF3N3O3S. The lowest BCUT2D eigenvalue weighted by Crippen LogP contribution is -2.32. The van der Waals surface area contributed by atoms with Gasteiger partial charge in [0.25, 0.3) is 0 Å². The van der Waals surface area contributed by atoms with Crippen molar-refractivity contribution in [2.45, 2.75) is 30.1 Å². The maximum Gasteiger partial charge on any atom is 0.204 e. The predicted molar refractivity (Wildman–Crippen MR) is 153 cm³/mol. The highest BCUT2D eigenvalue weighted by molar-refractivity contribution is 7.99. The average molecular weight is 600 g/mol. The van der Waals surface area contributed by atoms with Crippen LogP contribution in [-0.2, 0) is 11.8 Å². The Morgan fingerprint density at radius 2 is 2.00 bits per heavy atom. The average Bonchev–Trinajstić information content (AvgIpc) is 3.65. The number of imidazole rings is 1. The summed E-state index contributed by atoms with van der Waals surface area (Å²) in [6.45, 7) is 2.41. The first-order valence-electron chi connectivity index (χ1n) is 12.9. The van der Waals surface area contributed by atoms with Crippen molar-refractivity contribution in [1.29, 1.82) is 0 Å². The molecule has 1 unspecified atom stereocenters. The lowest BCUT2D eigenvalue weighted by molar-refractivity contribution is 0.236. The van der Waals surface area contributed by atoms with Gasteiger partial charge in [-0.3, -0.25) is 0 Å². The van der Waals surface area contributed by atoms with Gasteiger partial charge in [0.2, 0.25) is 5.82 Å². The van der Waals surface area contributed by atoms with Crippen molar-refractivity contribution in [1.82, 2.24) is 15.0 Å². The summed E-state index contributed by atoms with van der Waals surface area (Å²) in [7, 11) is 0. The van der Waals surface area contributed by atoms with E-state index in [9.17, 15) is 9.50 Å². The van der Waals surface area contributed by atoms with Gasteiger partial charge in [-0.2, -0.15) is 4.39 Å². The summed E-state index contributed by atoms with van der Waals surface area (Å²) in [5.74, 6) is -2.00. The highest BCUT2D eigenvalue weighted by atomic mass is 35.5. The van der Waals surface area contributed by atoms with Gasteiger partial charge in [-0.1, -0.05) is 11.6 Å². The molecule has 41 heavy (non-hydrogen) atoms. The fraction of sp³-hybridized carbons (Fsp3) is 0.233. The molecule has 6 rings (SSSR count). The van der Waals surface area contributed by atoms with Crippen LogP contribution in [0, 0.1) is 17.5 Å². The van der Waals surface area contributed by atoms with Crippen molar-refractivity contribution < 1.29 is 27.8 Å². The molecule has 5 aromatic rings. The van der Waals surface area contributed by atoms with E-state index in [1.807, 2.05) is 13.0 Å². The molecule has 1 aliphatic rings. The fourth-order valence-electron chi connectivity index (χ4n) is 5.38. The van der Waals surface area contributed by atoms with Crippen LogP contribution in [-0.4, -0.2) is 39.5 Å². The summed E-state index contributed by atoms with van der Waals surface area (Å²) in [4.78, 5) is 10.8. The molecule has 3 aromatic carbocycles. The number of ether oxygens (including phenoxy) is 2. The van der Waals surface area contributed by atoms with E-state index in [4.69, 9.17) is 21.1 Å². The molecule has 11 heteroatoms. The molecule has 0 saturated heterocycles. The number of aliphatic hydroxyl groups excluding tert-OH is 1. The number of aliphatic hydroxyl groups is 1. The van der Waals surface area contributed by atoms with E-state index in [1.165, 1.54) is 36.2 Å². The van der Waals surface area contributed by atoms with Crippen LogP contribution >= 0.6 is 23.4 Å². The highest BCUT2D eigenvalue weighted by Gasteiger charge is 2.38. The largest absolute Gasteiger partial charge is 0.493 e. The van der Waals surface area contributed by atoms with E-state index >= 15 is 8.78 Å². The first kappa shape index (κ1) is 27.6. The number of H-pyrrole nitrogens is 2. The van der Waals surface area contributed by atoms with E-state index in [0.717, 1.165) is 16.8 Å². The van der Waals surface area contributed by atoms with Crippen molar-refractivity contribution in [3.8, 4) is 28.6 Å². The number of hydrogen-bond acceptors (Lipinski definition) is 5. The van der Waals surface area contributed by atoms with E-state index in [-0.39, 0.29) is 35.0 Å². The van der Waals surface area contributed by atoms with Gasteiger partial charge in [0, 0.05) is 46.1 Å². The van der Waals surface area contributed by atoms with Crippen LogP contribution in [0.5, 0.6) is 17.2 Å². The quantitative estimate of drug-likeness (QED) is 0.167. The molecule has 1 atom stereocenters. The number of benzene rings is 3. The molecule has 6 nitrogen and oxygen atoms in total. The Hall–Kier alpha value is -3.60. The second-order valence-corrected chi connectivity index (χ2v) is 11.2. The third kappa shape index (κ3) is 4.64. The van der Waals surface area contributed by atoms with Crippen molar-refractivity contribution in [2.75, 3.05) is 19.5 Å². The lowest BCUT2D eigenvalue weighted by atomic mass is 9.74. The number of aromatic amines is 2. The predicted octanol–water partition coefficient (Wildman–Crippen LogP) is 7.77. The number of thioether (sulfide) groups is 1. The number of aromatic nitrogens is 3. The lowest BCUT2D eigenvalue weighted by Gasteiger charge is -2.36. The number of nitrogens with one attached hydrogen (secondary N) is 2. The zero-order chi connectivity index (χ0) is 28.9. The van der Waals surface area contributed by atoms with Crippen molar-refractivity contribution >= 4 is 34.3 Å². The molecule has 2 aromatic heterocycles. The second-order valence-electron chi connectivity index (χ2n) is 9.99. The number of fused-ring (bicyclic) bond motifs is 2. The fourth-order valence-corrected chi connectivity index (χ4v) is 6.33. The van der Waals surface area contributed by atoms with Gasteiger partial charge in [0.15, 0.2) is 11.6 Å². The van der Waals surface area contributed by atoms with E-state index < -0.39 is 22.9 Å². The van der Waals surface area contributed by atoms with Crippen LogP contribution in [0.4, 0.5) is 13.2 Å². The van der Waals surface area contributed by atoms with Gasteiger partial charge in [0.05, 0.1) is 22.6 Å².